The standard InChI is InChI=1S/C13H17ClN2O4/c1-8(12(17)15-5-6-20-2)16-11-4-3-9(14)7-10(11)13(18)19/h3-4,7-8,16H,5-6H2,1-2H3,(H,15,17)(H,18,19). The Morgan fingerprint density at radius 1 is 1.45 bits per heavy atom. The summed E-state index contributed by atoms with van der Waals surface area (Å²) in [5.74, 6) is -1.35. The lowest BCUT2D eigenvalue weighted by Gasteiger charge is -2.16. The molecule has 6 nitrogen and oxygen atoms in total. The smallest absolute Gasteiger partial charge is 0.337 e. The number of methoxy groups -OCH3 is 1. The topological polar surface area (TPSA) is 87.7 Å². The van der Waals surface area contributed by atoms with Crippen LogP contribution in [0.3, 0.4) is 0 Å². The van der Waals surface area contributed by atoms with Crippen molar-refractivity contribution < 1.29 is 19.4 Å². The van der Waals surface area contributed by atoms with Gasteiger partial charge in [-0.2, -0.15) is 0 Å². The van der Waals surface area contributed by atoms with E-state index in [4.69, 9.17) is 21.4 Å². The molecule has 1 unspecified atom stereocenters. The van der Waals surface area contributed by atoms with E-state index in [0.29, 0.717) is 23.9 Å². The predicted octanol–water partition coefficient (Wildman–Crippen LogP) is 1.60. The summed E-state index contributed by atoms with van der Waals surface area (Å²) in [6.07, 6.45) is 0. The number of amides is 1. The molecule has 1 atom stereocenters. The fraction of sp³-hybridized carbons (Fsp3) is 0.385. The Kier molecular flexibility index (Phi) is 6.27. The van der Waals surface area contributed by atoms with Gasteiger partial charge < -0.3 is 20.5 Å². The molecule has 0 radical (unpaired) electrons. The minimum absolute atomic E-state index is 0.0223. The second kappa shape index (κ2) is 7.72. The lowest BCUT2D eigenvalue weighted by Crippen LogP contribution is -2.39. The molecule has 1 rings (SSSR count). The molecule has 1 aromatic rings. The number of ether oxygens (including phenoxy) is 1. The average molecular weight is 301 g/mol. The zero-order valence-electron chi connectivity index (χ0n) is 11.3. The first-order valence-corrected chi connectivity index (χ1v) is 6.39. The van der Waals surface area contributed by atoms with Crippen LogP contribution >= 0.6 is 11.6 Å². The van der Waals surface area contributed by atoms with Crippen LogP contribution in [0.1, 0.15) is 17.3 Å². The predicted molar refractivity (Wildman–Crippen MR) is 76.4 cm³/mol. The van der Waals surface area contributed by atoms with Crippen molar-refractivity contribution in [2.24, 2.45) is 0 Å². The van der Waals surface area contributed by atoms with Crippen LogP contribution in [0.5, 0.6) is 0 Å². The van der Waals surface area contributed by atoms with E-state index >= 15 is 0 Å². The molecular weight excluding hydrogens is 284 g/mol. The highest BCUT2D eigenvalue weighted by atomic mass is 35.5. The highest BCUT2D eigenvalue weighted by Gasteiger charge is 2.16. The molecule has 0 heterocycles. The van der Waals surface area contributed by atoms with Crippen molar-refractivity contribution in [2.75, 3.05) is 25.6 Å². The normalized spacial score (nSPS) is 11.8. The largest absolute Gasteiger partial charge is 0.478 e. The van der Waals surface area contributed by atoms with Gasteiger partial charge >= 0.3 is 5.97 Å². The zero-order chi connectivity index (χ0) is 15.1. The van der Waals surface area contributed by atoms with Crippen LogP contribution in [0.25, 0.3) is 0 Å². The Labute approximate surface area is 122 Å². The molecular formula is C13H17ClN2O4. The van der Waals surface area contributed by atoms with Crippen molar-refractivity contribution >= 4 is 29.2 Å². The highest BCUT2D eigenvalue weighted by Crippen LogP contribution is 2.21. The van der Waals surface area contributed by atoms with Gasteiger partial charge in [-0.1, -0.05) is 11.6 Å². The van der Waals surface area contributed by atoms with E-state index < -0.39 is 12.0 Å². The molecule has 0 saturated heterocycles. The maximum atomic E-state index is 11.8. The SMILES string of the molecule is COCCNC(=O)C(C)Nc1ccc(Cl)cc1C(=O)O. The molecule has 20 heavy (non-hydrogen) atoms. The first kappa shape index (κ1) is 16.3. The van der Waals surface area contributed by atoms with Gasteiger partial charge in [0.1, 0.15) is 6.04 Å². The van der Waals surface area contributed by atoms with Gasteiger partial charge in [-0.05, 0) is 25.1 Å². The minimum atomic E-state index is -1.11. The molecule has 0 aliphatic heterocycles. The second-order valence-electron chi connectivity index (χ2n) is 4.14. The van der Waals surface area contributed by atoms with E-state index in [2.05, 4.69) is 10.6 Å². The van der Waals surface area contributed by atoms with Gasteiger partial charge in [0.25, 0.3) is 0 Å². The lowest BCUT2D eigenvalue weighted by atomic mass is 10.1. The van der Waals surface area contributed by atoms with Crippen LogP contribution < -0.4 is 10.6 Å². The van der Waals surface area contributed by atoms with E-state index in [-0.39, 0.29) is 11.5 Å². The molecule has 110 valence electrons. The molecule has 0 bridgehead atoms. The Bertz CT molecular complexity index is 493. The fourth-order valence-corrected chi connectivity index (χ4v) is 1.72. The van der Waals surface area contributed by atoms with Crippen molar-refractivity contribution in [3.8, 4) is 0 Å². The number of hydrogen-bond donors (Lipinski definition) is 3. The Morgan fingerprint density at radius 2 is 2.15 bits per heavy atom. The number of anilines is 1. The van der Waals surface area contributed by atoms with Gasteiger partial charge in [0.15, 0.2) is 0 Å². The maximum Gasteiger partial charge on any atom is 0.337 e. The number of aromatic carboxylic acids is 1. The van der Waals surface area contributed by atoms with Gasteiger partial charge in [0.05, 0.1) is 12.2 Å². The summed E-state index contributed by atoms with van der Waals surface area (Å²) in [6.45, 7) is 2.45. The van der Waals surface area contributed by atoms with Crippen LogP contribution in [0, 0.1) is 0 Å². The molecule has 0 spiro atoms. The quantitative estimate of drug-likeness (QED) is 0.666. The molecule has 7 heteroatoms. The second-order valence-corrected chi connectivity index (χ2v) is 4.58. The third-order valence-corrected chi connectivity index (χ3v) is 2.82. The third kappa shape index (κ3) is 4.71. The van der Waals surface area contributed by atoms with Crippen molar-refractivity contribution in [1.29, 1.82) is 0 Å². The number of carboxylic acid groups (broad SMARTS) is 1. The number of halogens is 1. The summed E-state index contributed by atoms with van der Waals surface area (Å²) < 4.78 is 4.83. The van der Waals surface area contributed by atoms with Gasteiger partial charge in [-0.15, -0.1) is 0 Å². The Hall–Kier alpha value is -1.79. The van der Waals surface area contributed by atoms with Crippen molar-refractivity contribution in [1.82, 2.24) is 5.32 Å². The van der Waals surface area contributed by atoms with Crippen LogP contribution in [-0.2, 0) is 9.53 Å². The number of hydrogen-bond acceptors (Lipinski definition) is 4. The van der Waals surface area contributed by atoms with Gasteiger partial charge in [-0.3, -0.25) is 4.79 Å². The highest BCUT2D eigenvalue weighted by molar-refractivity contribution is 6.31. The van der Waals surface area contributed by atoms with Crippen LogP contribution in [0.4, 0.5) is 5.69 Å². The first-order chi connectivity index (χ1) is 9.45. The number of carbonyl (C=O) groups is 2. The number of rotatable bonds is 7. The zero-order valence-corrected chi connectivity index (χ0v) is 12.0. The molecule has 0 aliphatic rings. The molecule has 1 aromatic carbocycles. The molecule has 0 saturated carbocycles. The molecule has 3 N–H and O–H groups in total. The monoisotopic (exact) mass is 300 g/mol. The van der Waals surface area contributed by atoms with Crippen molar-refractivity contribution in [3.63, 3.8) is 0 Å². The summed E-state index contributed by atoms with van der Waals surface area (Å²) in [5, 5.41) is 14.9. The van der Waals surface area contributed by atoms with Gasteiger partial charge in [0.2, 0.25) is 5.91 Å². The van der Waals surface area contributed by atoms with E-state index in [1.54, 1.807) is 20.1 Å². The van der Waals surface area contributed by atoms with Gasteiger partial charge in [0, 0.05) is 24.4 Å². The van der Waals surface area contributed by atoms with Crippen LogP contribution in [-0.4, -0.2) is 43.3 Å². The van der Waals surface area contributed by atoms with E-state index in [0.717, 1.165) is 0 Å². The maximum absolute atomic E-state index is 11.8. The summed E-state index contributed by atoms with van der Waals surface area (Å²) in [7, 11) is 1.54. The first-order valence-electron chi connectivity index (χ1n) is 6.01. The fourth-order valence-electron chi connectivity index (χ4n) is 1.55. The Balaban J connectivity index is 2.72. The van der Waals surface area contributed by atoms with E-state index in [1.165, 1.54) is 12.1 Å². The van der Waals surface area contributed by atoms with Crippen LogP contribution in [0.2, 0.25) is 5.02 Å². The van der Waals surface area contributed by atoms with Crippen molar-refractivity contribution in [3.05, 3.63) is 28.8 Å². The average Bonchev–Trinajstić information content (AvgIpc) is 2.40. The van der Waals surface area contributed by atoms with Gasteiger partial charge in [-0.25, -0.2) is 4.79 Å². The summed E-state index contributed by atoms with van der Waals surface area (Å²) >= 11 is 5.76. The molecule has 1 amide bonds. The minimum Gasteiger partial charge on any atom is -0.478 e. The lowest BCUT2D eigenvalue weighted by molar-refractivity contribution is -0.121. The van der Waals surface area contributed by atoms with Crippen molar-refractivity contribution in [2.45, 2.75) is 13.0 Å². The molecule has 0 aromatic heterocycles. The molecule has 0 aliphatic carbocycles. The van der Waals surface area contributed by atoms with E-state index in [9.17, 15) is 9.59 Å². The number of carbonyl (C=O) groups excluding carboxylic acids is 1. The molecule has 0 fully saturated rings. The van der Waals surface area contributed by atoms with E-state index in [1.807, 2.05) is 0 Å². The third-order valence-electron chi connectivity index (χ3n) is 2.58. The number of nitrogens with one attached hydrogen (secondary N) is 2. The summed E-state index contributed by atoms with van der Waals surface area (Å²) in [4.78, 5) is 22.9. The Morgan fingerprint density at radius 3 is 2.75 bits per heavy atom. The summed E-state index contributed by atoms with van der Waals surface area (Å²) in [6, 6.07) is 3.85. The summed E-state index contributed by atoms with van der Waals surface area (Å²) in [5.41, 5.74) is 0.366. The van der Waals surface area contributed by atoms with Crippen LogP contribution in [0.15, 0.2) is 18.2 Å². The number of carboxylic acids is 1. The number of benzene rings is 1.